The molecular weight excluding hydrogens is 734 g/mol. The molecule has 1 aromatic heterocycles. The molecule has 5 aromatic rings. The first-order valence-electron chi connectivity index (χ1n) is 20.4. The van der Waals surface area contributed by atoms with Crippen LogP contribution in [0.1, 0.15) is 107 Å². The van der Waals surface area contributed by atoms with Crippen molar-refractivity contribution in [3.05, 3.63) is 113 Å². The van der Waals surface area contributed by atoms with E-state index in [-0.39, 0.29) is 0 Å². The van der Waals surface area contributed by atoms with Crippen LogP contribution in [-0.4, -0.2) is 36.9 Å². The van der Waals surface area contributed by atoms with Gasteiger partial charge in [-0.1, -0.05) is 130 Å². The second-order valence-corrected chi connectivity index (χ2v) is 16.1. The Morgan fingerprint density at radius 2 is 1.79 bits per heavy atom. The van der Waals surface area contributed by atoms with Crippen LogP contribution in [0.4, 0.5) is 5.13 Å². The summed E-state index contributed by atoms with van der Waals surface area (Å²) in [6.45, 7) is 9.58. The second kappa shape index (κ2) is 21.0. The van der Waals surface area contributed by atoms with Crippen LogP contribution in [0.3, 0.4) is 0 Å². The molecule has 292 valence electrons. The molecule has 0 saturated heterocycles. The largest absolute Gasteiger partial charge is 0.493 e. The molecule has 1 heterocycles. The molecule has 1 aliphatic carbocycles. The van der Waals surface area contributed by atoms with Crippen molar-refractivity contribution in [2.45, 2.75) is 90.4 Å². The van der Waals surface area contributed by atoms with Gasteiger partial charge in [-0.3, -0.25) is 0 Å². The van der Waals surface area contributed by atoms with Crippen LogP contribution in [0.5, 0.6) is 5.75 Å². The third-order valence-electron chi connectivity index (χ3n) is 10.8. The maximum Gasteiger partial charge on any atom is 0.330 e. The van der Waals surface area contributed by atoms with Crippen molar-refractivity contribution in [2.75, 3.05) is 24.8 Å². The summed E-state index contributed by atoms with van der Waals surface area (Å²) in [4.78, 5) is 16.4. The Bertz CT molecular complexity index is 2150. The molecule has 0 spiro atoms. The summed E-state index contributed by atoms with van der Waals surface area (Å²) in [5.74, 6) is 8.16. The molecule has 6 rings (SSSR count). The number of unbranched alkanes of at least 4 members (excludes halogenated alkanes) is 5. The van der Waals surface area contributed by atoms with Gasteiger partial charge in [-0.2, -0.15) is 5.10 Å². The number of esters is 1. The molecule has 3 atom stereocenters. The molecule has 0 bridgehead atoms. The van der Waals surface area contributed by atoms with Crippen LogP contribution in [0.2, 0.25) is 5.02 Å². The van der Waals surface area contributed by atoms with Gasteiger partial charge in [0.1, 0.15) is 5.75 Å². The van der Waals surface area contributed by atoms with Gasteiger partial charge in [0.2, 0.25) is 5.13 Å². The average molecular weight is 788 g/mol. The van der Waals surface area contributed by atoms with Gasteiger partial charge in [-0.25, -0.2) is 14.8 Å². The zero-order chi connectivity index (χ0) is 39.1. The highest BCUT2D eigenvalue weighted by Crippen LogP contribution is 2.42. The Morgan fingerprint density at radius 3 is 2.59 bits per heavy atom. The lowest BCUT2D eigenvalue weighted by atomic mass is 9.71. The van der Waals surface area contributed by atoms with Crippen molar-refractivity contribution in [2.24, 2.45) is 16.9 Å². The van der Waals surface area contributed by atoms with E-state index in [4.69, 9.17) is 31.2 Å². The van der Waals surface area contributed by atoms with Gasteiger partial charge in [-0.05, 0) is 90.9 Å². The lowest BCUT2D eigenvalue weighted by Gasteiger charge is -2.34. The Balaban J connectivity index is 1.16. The smallest absolute Gasteiger partial charge is 0.330 e. The summed E-state index contributed by atoms with van der Waals surface area (Å²) < 4.78 is 12.0. The fourth-order valence-electron chi connectivity index (χ4n) is 7.53. The molecule has 0 amide bonds. The van der Waals surface area contributed by atoms with Crippen LogP contribution < -0.4 is 9.75 Å². The summed E-state index contributed by atoms with van der Waals surface area (Å²) in [6, 6.07) is 27.0. The number of carbonyl (C=O) groups is 1. The van der Waals surface area contributed by atoms with E-state index in [1.54, 1.807) is 11.3 Å². The number of aromatic nitrogens is 1. The fraction of sp³-hybridized carbons (Fsp3) is 0.396. The highest BCUT2D eigenvalue weighted by molar-refractivity contribution is 7.22. The number of fused-ring (bicyclic) bond motifs is 3. The maximum atomic E-state index is 11.2. The van der Waals surface area contributed by atoms with Crippen molar-refractivity contribution >= 4 is 61.2 Å². The summed E-state index contributed by atoms with van der Waals surface area (Å²) in [7, 11) is 0. The number of anilines is 1. The van der Waals surface area contributed by atoms with E-state index < -0.39 is 5.97 Å². The number of hydrazone groups is 1. The van der Waals surface area contributed by atoms with Crippen LogP contribution in [0.15, 0.2) is 96.6 Å². The topological polar surface area (TPSA) is 64.0 Å². The van der Waals surface area contributed by atoms with Gasteiger partial charge in [0.15, 0.2) is 0 Å². The molecule has 8 heteroatoms. The van der Waals surface area contributed by atoms with E-state index in [0.29, 0.717) is 42.4 Å². The van der Waals surface area contributed by atoms with Gasteiger partial charge in [0, 0.05) is 47.7 Å². The van der Waals surface area contributed by atoms with E-state index in [9.17, 15) is 4.79 Å². The van der Waals surface area contributed by atoms with Crippen molar-refractivity contribution < 1.29 is 14.3 Å². The van der Waals surface area contributed by atoms with Gasteiger partial charge in [-0.15, -0.1) is 0 Å². The number of hydrogen-bond acceptors (Lipinski definition) is 7. The van der Waals surface area contributed by atoms with Crippen molar-refractivity contribution in [1.29, 1.82) is 0 Å². The number of hydrogen-bond donors (Lipinski definition) is 0. The quantitative estimate of drug-likeness (QED) is 0.0221. The predicted molar refractivity (Wildman–Crippen MR) is 235 cm³/mol. The first kappa shape index (κ1) is 41.0. The molecule has 1 saturated carbocycles. The van der Waals surface area contributed by atoms with Crippen LogP contribution in [-0.2, 0) is 9.53 Å². The van der Waals surface area contributed by atoms with E-state index >= 15 is 0 Å². The molecule has 56 heavy (non-hydrogen) atoms. The number of halogens is 1. The average Bonchev–Trinajstić information content (AvgIpc) is 3.68. The zero-order valence-electron chi connectivity index (χ0n) is 32.9. The molecule has 0 N–H and O–H groups in total. The first-order chi connectivity index (χ1) is 27.4. The number of rotatable bonds is 18. The molecule has 1 aliphatic rings. The number of benzene rings is 4. The summed E-state index contributed by atoms with van der Waals surface area (Å²) in [5, 5.41) is 11.5. The second-order valence-electron chi connectivity index (χ2n) is 14.7. The van der Waals surface area contributed by atoms with Crippen molar-refractivity contribution in [3.8, 4) is 17.6 Å². The summed E-state index contributed by atoms with van der Waals surface area (Å²) >= 11 is 8.68. The number of nitrogens with zero attached hydrogens (tertiary/aromatic N) is 3. The lowest BCUT2D eigenvalue weighted by Crippen LogP contribution is -2.26. The van der Waals surface area contributed by atoms with E-state index in [1.165, 1.54) is 66.0 Å². The standard InChI is InChI=1S/C48H54ClN3O3S/c1-4-7-8-9-10-13-29-52(48-51-47-43-16-12-11-15-37(43)24-28-45(47)56-48)50-34-40-32-35(5-2)20-27-42(40)39-23-22-38(44(49)33-39)21-17-36-18-25-41(26-19-36)54-30-14-31-55-46(53)6-3/h6,11-12,15-16,18-19,22-26,28,33-35,40,42H,3-5,7-10,13-14,20,27,29-32H2,1-2H3/b50-34+/t35?,40?,42-/m1/s1. The number of ether oxygens (including phenoxy) is 2. The van der Waals surface area contributed by atoms with Gasteiger partial charge >= 0.3 is 5.97 Å². The van der Waals surface area contributed by atoms with Crippen molar-refractivity contribution in [3.63, 3.8) is 0 Å². The van der Waals surface area contributed by atoms with Gasteiger partial charge in [0.05, 0.1) is 28.5 Å². The van der Waals surface area contributed by atoms with Gasteiger partial charge < -0.3 is 9.47 Å². The molecule has 1 fully saturated rings. The first-order valence-corrected chi connectivity index (χ1v) is 21.6. The lowest BCUT2D eigenvalue weighted by molar-refractivity contribution is -0.137. The zero-order valence-corrected chi connectivity index (χ0v) is 34.4. The minimum absolute atomic E-state index is 0.295. The molecule has 0 radical (unpaired) electrons. The number of thiazole rings is 1. The molecular formula is C48H54ClN3O3S. The maximum absolute atomic E-state index is 11.2. The minimum Gasteiger partial charge on any atom is -0.493 e. The number of carbonyl (C=O) groups excluding carboxylic acids is 1. The van der Waals surface area contributed by atoms with E-state index in [1.807, 2.05) is 24.3 Å². The van der Waals surface area contributed by atoms with Crippen LogP contribution in [0.25, 0.3) is 21.0 Å². The summed E-state index contributed by atoms with van der Waals surface area (Å²) in [6.07, 6.45) is 16.0. The molecule has 6 nitrogen and oxygen atoms in total. The highest BCUT2D eigenvalue weighted by atomic mass is 35.5. The Labute approximate surface area is 342 Å². The normalized spacial score (nSPS) is 16.8. The molecule has 4 aromatic carbocycles. The minimum atomic E-state index is -0.424. The fourth-order valence-corrected chi connectivity index (χ4v) is 8.74. The molecule has 0 aliphatic heterocycles. The van der Waals surface area contributed by atoms with Crippen molar-refractivity contribution in [1.82, 2.24) is 4.98 Å². The van der Waals surface area contributed by atoms with E-state index in [2.05, 4.69) is 98.1 Å². The van der Waals surface area contributed by atoms with Crippen LogP contribution in [0, 0.1) is 23.7 Å². The SMILES string of the molecule is C=CC(=O)OCCCOc1ccc(C#Cc2ccc([C@H]3CCC(CC)CC3/C=N/N(CCCCCCCC)c3nc4c(ccc5ccccc54)s3)cc2Cl)cc1. The van der Waals surface area contributed by atoms with Crippen LogP contribution >= 0.6 is 22.9 Å². The highest BCUT2D eigenvalue weighted by Gasteiger charge is 2.30. The predicted octanol–water partition coefficient (Wildman–Crippen LogP) is 12.8. The Kier molecular flexibility index (Phi) is 15.4. The monoisotopic (exact) mass is 787 g/mol. The third kappa shape index (κ3) is 11.2. The molecule has 2 unspecified atom stereocenters. The Morgan fingerprint density at radius 1 is 0.964 bits per heavy atom. The Hall–Kier alpha value is -4.64. The summed E-state index contributed by atoms with van der Waals surface area (Å²) in [5.41, 5.74) is 4.00. The van der Waals surface area contributed by atoms with Gasteiger partial charge in [0.25, 0.3) is 0 Å². The third-order valence-corrected chi connectivity index (χ3v) is 12.1. The van der Waals surface area contributed by atoms with E-state index in [0.717, 1.165) is 59.4 Å².